The van der Waals surface area contributed by atoms with Crippen molar-refractivity contribution < 1.29 is 27.4 Å². The molecule has 0 radical (unpaired) electrons. The molecule has 0 aromatic heterocycles. The summed E-state index contributed by atoms with van der Waals surface area (Å²) in [6.07, 6.45) is -3.84. The molecule has 0 bridgehead atoms. The van der Waals surface area contributed by atoms with Gasteiger partial charge in [-0.15, -0.1) is 0 Å². The number of halogens is 3. The third kappa shape index (κ3) is 4.00. The number of esters is 1. The molecule has 0 unspecified atom stereocenters. The predicted octanol–water partition coefficient (Wildman–Crippen LogP) is 5.00. The second kappa shape index (κ2) is 7.47. The van der Waals surface area contributed by atoms with Gasteiger partial charge in [-0.2, -0.15) is 18.4 Å². The first kappa shape index (κ1) is 19.0. The molecule has 0 heterocycles. The molecule has 142 valence electrons. The van der Waals surface area contributed by atoms with Gasteiger partial charge in [-0.3, -0.25) is 0 Å². The molecule has 4 nitrogen and oxygen atoms in total. The summed E-state index contributed by atoms with van der Waals surface area (Å²) in [5.41, 5.74) is 0.676. The lowest BCUT2D eigenvalue weighted by molar-refractivity contribution is -0.185. The van der Waals surface area contributed by atoms with Crippen LogP contribution in [0.3, 0.4) is 0 Å². The van der Waals surface area contributed by atoms with E-state index in [1.165, 1.54) is 7.11 Å². The molecule has 0 spiro atoms. The molecule has 3 rings (SSSR count). The Labute approximate surface area is 154 Å². The van der Waals surface area contributed by atoms with E-state index in [0.717, 1.165) is 0 Å². The van der Waals surface area contributed by atoms with E-state index in [0.29, 0.717) is 40.5 Å². The summed E-state index contributed by atoms with van der Waals surface area (Å²) < 4.78 is 48.9. The van der Waals surface area contributed by atoms with Gasteiger partial charge in [0.2, 0.25) is 0 Å². The fraction of sp³-hybridized carbons (Fsp3) is 0.400. The number of fused-ring (bicyclic) bond motifs is 1. The Balaban J connectivity index is 1.82. The van der Waals surface area contributed by atoms with E-state index in [-0.39, 0.29) is 18.9 Å². The topological polar surface area (TPSA) is 59.3 Å². The number of nitriles is 1. The SMILES string of the molecule is COC(=O)c1ccc2c(C#N)c(O[C@H]3CC[C@@H](C(F)(F)F)CC3)ccc2c1. The second-order valence-electron chi connectivity index (χ2n) is 6.61. The Bertz CT molecular complexity index is 894. The molecular formula is C20H18F3NO3. The van der Waals surface area contributed by atoms with Crippen molar-refractivity contribution >= 4 is 16.7 Å². The molecule has 1 fully saturated rings. The monoisotopic (exact) mass is 377 g/mol. The Hall–Kier alpha value is -2.75. The minimum Gasteiger partial charge on any atom is -0.489 e. The lowest BCUT2D eigenvalue weighted by Gasteiger charge is -2.30. The van der Waals surface area contributed by atoms with Gasteiger partial charge in [-0.05, 0) is 49.3 Å². The van der Waals surface area contributed by atoms with Gasteiger partial charge < -0.3 is 9.47 Å². The number of ether oxygens (including phenoxy) is 2. The van der Waals surface area contributed by atoms with E-state index in [2.05, 4.69) is 10.8 Å². The van der Waals surface area contributed by atoms with Gasteiger partial charge in [-0.1, -0.05) is 12.1 Å². The largest absolute Gasteiger partial charge is 0.489 e. The maximum atomic E-state index is 12.8. The van der Waals surface area contributed by atoms with Crippen molar-refractivity contribution in [1.82, 2.24) is 0 Å². The van der Waals surface area contributed by atoms with Crippen molar-refractivity contribution in [2.45, 2.75) is 38.0 Å². The fourth-order valence-electron chi connectivity index (χ4n) is 3.46. The number of benzene rings is 2. The normalized spacial score (nSPS) is 20.1. The summed E-state index contributed by atoms with van der Waals surface area (Å²) >= 11 is 0. The number of carbonyl (C=O) groups is 1. The number of hydrogen-bond donors (Lipinski definition) is 0. The first-order chi connectivity index (χ1) is 12.8. The number of nitrogens with zero attached hydrogens (tertiary/aromatic N) is 1. The highest BCUT2D eigenvalue weighted by atomic mass is 19.4. The van der Waals surface area contributed by atoms with Crippen molar-refractivity contribution in [3.8, 4) is 11.8 Å². The van der Waals surface area contributed by atoms with E-state index < -0.39 is 18.1 Å². The Morgan fingerprint density at radius 1 is 1.15 bits per heavy atom. The Morgan fingerprint density at radius 3 is 2.44 bits per heavy atom. The van der Waals surface area contributed by atoms with Gasteiger partial charge in [0.1, 0.15) is 17.4 Å². The quantitative estimate of drug-likeness (QED) is 0.707. The molecule has 27 heavy (non-hydrogen) atoms. The summed E-state index contributed by atoms with van der Waals surface area (Å²) in [6, 6.07) is 10.3. The highest BCUT2D eigenvalue weighted by molar-refractivity contribution is 5.97. The van der Waals surface area contributed by atoms with Crippen molar-refractivity contribution in [3.63, 3.8) is 0 Å². The van der Waals surface area contributed by atoms with Crippen LogP contribution in [0.15, 0.2) is 30.3 Å². The van der Waals surface area contributed by atoms with Gasteiger partial charge in [0.15, 0.2) is 0 Å². The van der Waals surface area contributed by atoms with E-state index in [1.807, 2.05) is 0 Å². The van der Waals surface area contributed by atoms with E-state index in [4.69, 9.17) is 4.74 Å². The standard InChI is InChI=1S/C20H18F3NO3/c1-26-19(25)13-2-8-16-12(10-13)3-9-18(17(16)11-24)27-15-6-4-14(5-7-15)20(21,22)23/h2-3,8-10,14-15H,4-7H2,1H3/t14-,15+. The molecular weight excluding hydrogens is 359 g/mol. The lowest BCUT2D eigenvalue weighted by atomic mass is 9.87. The summed E-state index contributed by atoms with van der Waals surface area (Å²) in [4.78, 5) is 11.6. The molecule has 1 saturated carbocycles. The van der Waals surface area contributed by atoms with Crippen molar-refractivity contribution in [2.24, 2.45) is 5.92 Å². The van der Waals surface area contributed by atoms with Crippen molar-refractivity contribution in [1.29, 1.82) is 5.26 Å². The summed E-state index contributed by atoms with van der Waals surface area (Å²) in [5.74, 6) is -1.40. The van der Waals surface area contributed by atoms with Crippen LogP contribution >= 0.6 is 0 Å². The molecule has 0 atom stereocenters. The average molecular weight is 377 g/mol. The Morgan fingerprint density at radius 2 is 1.85 bits per heavy atom. The van der Waals surface area contributed by atoms with Crippen LogP contribution < -0.4 is 4.74 Å². The number of rotatable bonds is 3. The molecule has 7 heteroatoms. The highest BCUT2D eigenvalue weighted by Gasteiger charge is 2.41. The first-order valence-corrected chi connectivity index (χ1v) is 8.62. The molecule has 2 aromatic carbocycles. The first-order valence-electron chi connectivity index (χ1n) is 8.62. The van der Waals surface area contributed by atoms with Gasteiger partial charge in [0.05, 0.1) is 24.7 Å². The average Bonchev–Trinajstić information content (AvgIpc) is 2.66. The molecule has 2 aromatic rings. The third-order valence-electron chi connectivity index (χ3n) is 4.95. The summed E-state index contributed by atoms with van der Waals surface area (Å²) in [7, 11) is 1.29. The van der Waals surface area contributed by atoms with Crippen LogP contribution in [0.2, 0.25) is 0 Å². The summed E-state index contributed by atoms with van der Waals surface area (Å²) in [5, 5.41) is 10.8. The van der Waals surface area contributed by atoms with E-state index in [1.54, 1.807) is 30.3 Å². The maximum absolute atomic E-state index is 12.8. The molecule has 0 aliphatic heterocycles. The van der Waals surface area contributed by atoms with Crippen LogP contribution in [0.1, 0.15) is 41.6 Å². The van der Waals surface area contributed by atoms with Crippen LogP contribution in [0.4, 0.5) is 13.2 Å². The Kier molecular flexibility index (Phi) is 5.26. The lowest BCUT2D eigenvalue weighted by Crippen LogP contribution is -2.32. The number of alkyl halides is 3. The van der Waals surface area contributed by atoms with Gasteiger partial charge >= 0.3 is 12.1 Å². The van der Waals surface area contributed by atoms with Crippen molar-refractivity contribution in [2.75, 3.05) is 7.11 Å². The van der Waals surface area contributed by atoms with E-state index >= 15 is 0 Å². The fourth-order valence-corrected chi connectivity index (χ4v) is 3.46. The van der Waals surface area contributed by atoms with E-state index in [9.17, 15) is 23.2 Å². The molecule has 0 N–H and O–H groups in total. The molecule has 1 aliphatic carbocycles. The third-order valence-corrected chi connectivity index (χ3v) is 4.95. The zero-order chi connectivity index (χ0) is 19.6. The minimum absolute atomic E-state index is 0.0339. The van der Waals surface area contributed by atoms with Crippen LogP contribution in [0, 0.1) is 17.2 Å². The zero-order valence-electron chi connectivity index (χ0n) is 14.7. The van der Waals surface area contributed by atoms with Crippen LogP contribution in [-0.4, -0.2) is 25.4 Å². The van der Waals surface area contributed by atoms with Crippen LogP contribution in [-0.2, 0) is 4.74 Å². The van der Waals surface area contributed by atoms with Crippen molar-refractivity contribution in [3.05, 3.63) is 41.5 Å². The number of methoxy groups -OCH3 is 1. The van der Waals surface area contributed by atoms with Gasteiger partial charge in [-0.25, -0.2) is 4.79 Å². The molecule has 0 saturated heterocycles. The van der Waals surface area contributed by atoms with Gasteiger partial charge in [0.25, 0.3) is 0 Å². The maximum Gasteiger partial charge on any atom is 0.391 e. The van der Waals surface area contributed by atoms with Gasteiger partial charge in [0, 0.05) is 5.39 Å². The number of carbonyl (C=O) groups excluding carboxylic acids is 1. The zero-order valence-corrected chi connectivity index (χ0v) is 14.7. The minimum atomic E-state index is -4.16. The van der Waals surface area contributed by atoms with Crippen LogP contribution in [0.5, 0.6) is 5.75 Å². The second-order valence-corrected chi connectivity index (χ2v) is 6.61. The molecule has 0 amide bonds. The van der Waals surface area contributed by atoms with Crippen LogP contribution in [0.25, 0.3) is 10.8 Å². The number of hydrogen-bond acceptors (Lipinski definition) is 4. The highest BCUT2D eigenvalue weighted by Crippen LogP contribution is 2.39. The summed E-state index contributed by atoms with van der Waals surface area (Å²) in [6.45, 7) is 0. The smallest absolute Gasteiger partial charge is 0.391 e. The molecule has 1 aliphatic rings. The predicted molar refractivity (Wildman–Crippen MR) is 92.4 cm³/mol.